The number of nitrogens with zero attached hydrogens (tertiary/aromatic N) is 1. The van der Waals surface area contributed by atoms with E-state index in [9.17, 15) is 9.59 Å². The number of hydrogen-bond acceptors (Lipinski definition) is 4. The van der Waals surface area contributed by atoms with Gasteiger partial charge < -0.3 is 9.47 Å². The molecular weight excluding hydrogens is 402 g/mol. The van der Waals surface area contributed by atoms with Gasteiger partial charge in [-0.05, 0) is 55.7 Å². The number of ether oxygens (including phenoxy) is 2. The van der Waals surface area contributed by atoms with Crippen LogP contribution in [0.15, 0.2) is 47.7 Å². The molecule has 0 bridgehead atoms. The molecule has 0 N–H and O–H groups in total. The highest BCUT2D eigenvalue weighted by atomic mass is 35.5. The van der Waals surface area contributed by atoms with Gasteiger partial charge in [0.2, 0.25) is 5.91 Å². The molecule has 0 saturated heterocycles. The van der Waals surface area contributed by atoms with Crippen LogP contribution in [0.1, 0.15) is 42.7 Å². The van der Waals surface area contributed by atoms with E-state index < -0.39 is 0 Å². The smallest absolute Gasteiger partial charge is 0.232 e. The van der Waals surface area contributed by atoms with Crippen LogP contribution in [0.2, 0.25) is 5.02 Å². The van der Waals surface area contributed by atoms with Crippen molar-refractivity contribution < 1.29 is 19.1 Å². The highest BCUT2D eigenvalue weighted by Crippen LogP contribution is 2.47. The van der Waals surface area contributed by atoms with Crippen molar-refractivity contribution in [1.82, 2.24) is 0 Å². The number of amides is 1. The molecule has 0 unspecified atom stereocenters. The van der Waals surface area contributed by atoms with Crippen LogP contribution in [0.3, 0.4) is 0 Å². The summed E-state index contributed by atoms with van der Waals surface area (Å²) in [4.78, 5) is 28.2. The quantitative estimate of drug-likeness (QED) is 0.676. The summed E-state index contributed by atoms with van der Waals surface area (Å²) < 4.78 is 11.0. The number of allylic oxidation sites excluding steroid dienone is 2. The fourth-order valence-electron chi connectivity index (χ4n) is 4.47. The van der Waals surface area contributed by atoms with Crippen molar-refractivity contribution in [3.05, 3.63) is 63.8 Å². The second kappa shape index (κ2) is 8.15. The zero-order valence-electron chi connectivity index (χ0n) is 17.3. The van der Waals surface area contributed by atoms with Gasteiger partial charge >= 0.3 is 0 Å². The minimum Gasteiger partial charge on any atom is -0.497 e. The predicted molar refractivity (Wildman–Crippen MR) is 116 cm³/mol. The maximum Gasteiger partial charge on any atom is 0.232 e. The molecule has 1 aliphatic heterocycles. The molecule has 30 heavy (non-hydrogen) atoms. The number of anilines is 1. The number of methoxy groups -OCH3 is 2. The highest BCUT2D eigenvalue weighted by molar-refractivity contribution is 6.31. The summed E-state index contributed by atoms with van der Waals surface area (Å²) in [6.07, 6.45) is 2.06. The van der Waals surface area contributed by atoms with Crippen molar-refractivity contribution in [1.29, 1.82) is 0 Å². The Morgan fingerprint density at radius 2 is 1.83 bits per heavy atom. The van der Waals surface area contributed by atoms with Crippen LogP contribution in [0.4, 0.5) is 5.69 Å². The number of carbonyl (C=O) groups excluding carboxylic acids is 2. The Morgan fingerprint density at radius 1 is 1.03 bits per heavy atom. The number of hydrogen-bond donors (Lipinski definition) is 0. The molecular formula is C24H24ClNO4. The van der Waals surface area contributed by atoms with E-state index in [4.69, 9.17) is 21.1 Å². The van der Waals surface area contributed by atoms with Gasteiger partial charge in [0, 0.05) is 40.6 Å². The largest absolute Gasteiger partial charge is 0.497 e. The summed E-state index contributed by atoms with van der Waals surface area (Å²) in [5.74, 6) is 0.982. The van der Waals surface area contributed by atoms with E-state index in [0.717, 1.165) is 28.9 Å². The van der Waals surface area contributed by atoms with Gasteiger partial charge in [0.15, 0.2) is 5.78 Å². The molecule has 5 nitrogen and oxygen atoms in total. The summed E-state index contributed by atoms with van der Waals surface area (Å²) in [5.41, 5.74) is 3.96. The summed E-state index contributed by atoms with van der Waals surface area (Å²) >= 11 is 6.23. The third-order valence-corrected chi connectivity index (χ3v) is 6.13. The van der Waals surface area contributed by atoms with E-state index >= 15 is 0 Å². The molecule has 1 atom stereocenters. The first-order chi connectivity index (χ1) is 14.4. The normalized spacial score (nSPS) is 19.1. The molecule has 2 aromatic rings. The first-order valence-corrected chi connectivity index (χ1v) is 10.4. The van der Waals surface area contributed by atoms with E-state index in [1.54, 1.807) is 31.3 Å². The molecule has 156 valence electrons. The summed E-state index contributed by atoms with van der Waals surface area (Å²) in [6.45, 7) is 1.95. The Morgan fingerprint density at radius 3 is 2.57 bits per heavy atom. The maximum atomic E-state index is 13.4. The number of aryl methyl sites for hydroxylation is 1. The number of Topliss-reactive ketones (excluding diaryl/α,β-unsaturated/α-hetero) is 1. The predicted octanol–water partition coefficient (Wildman–Crippen LogP) is 5.19. The lowest BCUT2D eigenvalue weighted by Crippen LogP contribution is -2.41. The summed E-state index contributed by atoms with van der Waals surface area (Å²) in [6, 6.07) is 11.0. The van der Waals surface area contributed by atoms with Gasteiger partial charge in [0.25, 0.3) is 0 Å². The lowest BCUT2D eigenvalue weighted by Gasteiger charge is -2.39. The van der Waals surface area contributed by atoms with Crippen LogP contribution in [0.25, 0.3) is 0 Å². The Balaban J connectivity index is 1.92. The molecule has 0 fully saturated rings. The molecule has 0 saturated carbocycles. The zero-order chi connectivity index (χ0) is 21.4. The number of rotatable bonds is 4. The van der Waals surface area contributed by atoms with E-state index in [0.29, 0.717) is 34.9 Å². The molecule has 1 heterocycles. The van der Waals surface area contributed by atoms with Crippen LogP contribution in [0, 0.1) is 6.92 Å². The van der Waals surface area contributed by atoms with Crippen molar-refractivity contribution in [2.45, 2.75) is 38.5 Å². The average molecular weight is 426 g/mol. The van der Waals surface area contributed by atoms with Gasteiger partial charge in [-0.2, -0.15) is 0 Å². The molecule has 0 radical (unpaired) electrons. The summed E-state index contributed by atoms with van der Waals surface area (Å²) in [5, 5.41) is 0.560. The maximum absolute atomic E-state index is 13.4. The molecule has 4 rings (SSSR count). The molecule has 2 aromatic carbocycles. The summed E-state index contributed by atoms with van der Waals surface area (Å²) in [7, 11) is 3.19. The van der Waals surface area contributed by atoms with Gasteiger partial charge in [-0.1, -0.05) is 17.7 Å². The van der Waals surface area contributed by atoms with Crippen molar-refractivity contribution in [3.8, 4) is 11.5 Å². The van der Waals surface area contributed by atoms with E-state index in [-0.39, 0.29) is 24.0 Å². The van der Waals surface area contributed by atoms with Gasteiger partial charge in [-0.15, -0.1) is 0 Å². The van der Waals surface area contributed by atoms with Crippen molar-refractivity contribution in [2.24, 2.45) is 0 Å². The second-order valence-corrected chi connectivity index (χ2v) is 8.10. The van der Waals surface area contributed by atoms with Gasteiger partial charge in [0.1, 0.15) is 11.5 Å². The fourth-order valence-corrected chi connectivity index (χ4v) is 4.64. The molecule has 0 spiro atoms. The van der Waals surface area contributed by atoms with Crippen LogP contribution >= 0.6 is 11.6 Å². The lowest BCUT2D eigenvalue weighted by molar-refractivity contribution is -0.119. The van der Waals surface area contributed by atoms with E-state index in [2.05, 4.69) is 0 Å². The Hall–Kier alpha value is -2.79. The van der Waals surface area contributed by atoms with E-state index in [1.165, 1.54) is 0 Å². The van der Waals surface area contributed by atoms with Crippen LogP contribution in [-0.2, 0) is 9.59 Å². The van der Waals surface area contributed by atoms with Crippen molar-refractivity contribution in [3.63, 3.8) is 0 Å². The first kappa shape index (κ1) is 20.5. The van der Waals surface area contributed by atoms with Crippen molar-refractivity contribution >= 4 is 29.0 Å². The van der Waals surface area contributed by atoms with E-state index in [1.807, 2.05) is 31.2 Å². The van der Waals surface area contributed by atoms with Gasteiger partial charge in [-0.25, -0.2) is 0 Å². The number of halogens is 1. The van der Waals surface area contributed by atoms with Gasteiger partial charge in [-0.3, -0.25) is 14.5 Å². The third-order valence-electron chi connectivity index (χ3n) is 5.90. The Kier molecular flexibility index (Phi) is 5.56. The molecule has 2 aliphatic rings. The van der Waals surface area contributed by atoms with Crippen LogP contribution in [-0.4, -0.2) is 25.9 Å². The molecule has 1 aliphatic carbocycles. The highest BCUT2D eigenvalue weighted by Gasteiger charge is 2.41. The number of carbonyl (C=O) groups is 2. The van der Waals surface area contributed by atoms with Gasteiger partial charge in [0.05, 0.1) is 19.9 Å². The third kappa shape index (κ3) is 3.47. The minimum atomic E-state index is -0.360. The standard InChI is InChI=1S/C24H24ClNO4/c1-14-7-8-15(25)11-20(14)26-19-5-4-6-21(27)24(19)18(13-23(26)28)17-12-16(29-2)9-10-22(17)30-3/h7-12,18H,4-6,13H2,1-3H3/t18-/m1/s1. The SMILES string of the molecule is COc1ccc(OC)c([C@H]2CC(=O)N(c3cc(Cl)ccc3C)C3=C2C(=O)CCC3)c1. The zero-order valence-corrected chi connectivity index (χ0v) is 18.1. The average Bonchev–Trinajstić information content (AvgIpc) is 2.75. The number of ketones is 1. The first-order valence-electron chi connectivity index (χ1n) is 10.0. The Labute approximate surface area is 181 Å². The topological polar surface area (TPSA) is 55.8 Å². The van der Waals surface area contributed by atoms with Crippen molar-refractivity contribution in [2.75, 3.05) is 19.1 Å². The molecule has 1 amide bonds. The second-order valence-electron chi connectivity index (χ2n) is 7.66. The fraction of sp³-hybridized carbons (Fsp3) is 0.333. The Bertz CT molecular complexity index is 1060. The molecule has 0 aromatic heterocycles. The van der Waals surface area contributed by atoms with Crippen LogP contribution < -0.4 is 14.4 Å². The van der Waals surface area contributed by atoms with Crippen LogP contribution in [0.5, 0.6) is 11.5 Å². The monoisotopic (exact) mass is 425 g/mol. The number of benzene rings is 2. The molecule has 6 heteroatoms. The lowest BCUT2D eigenvalue weighted by atomic mass is 9.76. The minimum absolute atomic E-state index is 0.0521.